The van der Waals surface area contributed by atoms with Crippen molar-refractivity contribution >= 4 is 11.4 Å². The maximum Gasteiger partial charge on any atom is 0.148 e. The Morgan fingerprint density at radius 2 is 2.31 bits per heavy atom. The Morgan fingerprint density at radius 1 is 1.56 bits per heavy atom. The molecule has 0 aliphatic heterocycles. The molecule has 0 amide bonds. The molecule has 1 aromatic rings. The molecule has 2 atom stereocenters. The smallest absolute Gasteiger partial charge is 0.148 e. The third-order valence-corrected chi connectivity index (χ3v) is 3.11. The van der Waals surface area contributed by atoms with Gasteiger partial charge in [-0.25, -0.2) is 4.39 Å². The fourth-order valence-electron chi connectivity index (χ4n) is 1.93. The van der Waals surface area contributed by atoms with Gasteiger partial charge in [-0.1, -0.05) is 13.3 Å². The zero-order chi connectivity index (χ0) is 11.7. The number of nitrogens with one attached hydrogen (secondary N) is 1. The summed E-state index contributed by atoms with van der Waals surface area (Å²) in [7, 11) is 1.53. The number of benzene rings is 1. The topological polar surface area (TPSA) is 47.3 Å². The van der Waals surface area contributed by atoms with Crippen molar-refractivity contribution < 1.29 is 9.13 Å². The van der Waals surface area contributed by atoms with E-state index < -0.39 is 0 Å². The Balaban J connectivity index is 2.14. The average Bonchev–Trinajstić information content (AvgIpc) is 3.00. The van der Waals surface area contributed by atoms with Gasteiger partial charge in [-0.15, -0.1) is 0 Å². The zero-order valence-electron chi connectivity index (χ0n) is 9.59. The molecule has 1 saturated carbocycles. The second-order valence-electron chi connectivity index (χ2n) is 4.23. The Morgan fingerprint density at radius 3 is 2.88 bits per heavy atom. The summed E-state index contributed by atoms with van der Waals surface area (Å²) >= 11 is 0. The van der Waals surface area contributed by atoms with Crippen molar-refractivity contribution in [3.63, 3.8) is 0 Å². The number of nitrogens with two attached hydrogens (primary N) is 1. The highest BCUT2D eigenvalue weighted by atomic mass is 19.1. The van der Waals surface area contributed by atoms with Crippen molar-refractivity contribution in [2.45, 2.75) is 25.8 Å². The lowest BCUT2D eigenvalue weighted by molar-refractivity contribution is 0.416. The van der Waals surface area contributed by atoms with E-state index in [2.05, 4.69) is 12.2 Å². The first-order chi connectivity index (χ1) is 7.65. The molecule has 3 nitrogen and oxygen atoms in total. The van der Waals surface area contributed by atoms with Crippen LogP contribution in [0.3, 0.4) is 0 Å². The SMILES string of the molecule is CCC1CC1Nc1cc(OC)c(N)cc1F. The van der Waals surface area contributed by atoms with Crippen molar-refractivity contribution in [3.05, 3.63) is 17.9 Å². The molecule has 0 radical (unpaired) electrons. The molecule has 0 aromatic heterocycles. The van der Waals surface area contributed by atoms with E-state index in [9.17, 15) is 4.39 Å². The molecule has 0 heterocycles. The third-order valence-electron chi connectivity index (χ3n) is 3.11. The number of anilines is 2. The predicted octanol–water partition coefficient (Wildman–Crippen LogP) is 2.63. The average molecular weight is 224 g/mol. The third kappa shape index (κ3) is 2.05. The van der Waals surface area contributed by atoms with Gasteiger partial charge in [0.05, 0.1) is 18.5 Å². The fourth-order valence-corrected chi connectivity index (χ4v) is 1.93. The van der Waals surface area contributed by atoms with Gasteiger partial charge in [0.15, 0.2) is 0 Å². The molecule has 0 saturated heterocycles. The van der Waals surface area contributed by atoms with E-state index in [0.29, 0.717) is 29.1 Å². The first-order valence-corrected chi connectivity index (χ1v) is 5.55. The van der Waals surface area contributed by atoms with Crippen LogP contribution < -0.4 is 15.8 Å². The van der Waals surface area contributed by atoms with Crippen LogP contribution in [0.1, 0.15) is 19.8 Å². The van der Waals surface area contributed by atoms with Crippen LogP contribution in [-0.2, 0) is 0 Å². The molecule has 2 unspecified atom stereocenters. The van der Waals surface area contributed by atoms with Crippen molar-refractivity contribution in [2.75, 3.05) is 18.2 Å². The molecular formula is C12H17FN2O. The molecule has 88 valence electrons. The molecule has 3 N–H and O–H groups in total. The van der Waals surface area contributed by atoms with Gasteiger partial charge in [-0.2, -0.15) is 0 Å². The quantitative estimate of drug-likeness (QED) is 0.773. The summed E-state index contributed by atoms with van der Waals surface area (Å²) in [5, 5.41) is 3.18. The first kappa shape index (κ1) is 11.0. The number of halogens is 1. The largest absolute Gasteiger partial charge is 0.495 e. The van der Waals surface area contributed by atoms with Gasteiger partial charge in [-0.05, 0) is 12.3 Å². The van der Waals surface area contributed by atoms with Crippen LogP contribution in [-0.4, -0.2) is 13.2 Å². The van der Waals surface area contributed by atoms with Crippen LogP contribution in [0.25, 0.3) is 0 Å². The Kier molecular flexibility index (Phi) is 2.90. The number of methoxy groups -OCH3 is 1. The van der Waals surface area contributed by atoms with E-state index >= 15 is 0 Å². The second-order valence-corrected chi connectivity index (χ2v) is 4.23. The molecule has 0 bridgehead atoms. The standard InChI is InChI=1S/C12H17FN2O/c1-3-7-4-10(7)15-11-6-12(16-2)9(14)5-8(11)13/h5-7,10,15H,3-4,14H2,1-2H3. The summed E-state index contributed by atoms with van der Waals surface area (Å²) in [4.78, 5) is 0. The minimum Gasteiger partial charge on any atom is -0.495 e. The number of hydrogen-bond acceptors (Lipinski definition) is 3. The number of rotatable bonds is 4. The van der Waals surface area contributed by atoms with Crippen molar-refractivity contribution in [2.24, 2.45) is 5.92 Å². The molecular weight excluding hydrogens is 207 g/mol. The summed E-state index contributed by atoms with van der Waals surface area (Å²) in [5.41, 5.74) is 6.41. The van der Waals surface area contributed by atoms with Crippen molar-refractivity contribution in [1.29, 1.82) is 0 Å². The maximum absolute atomic E-state index is 13.6. The summed E-state index contributed by atoms with van der Waals surface area (Å²) in [6.07, 6.45) is 2.24. The molecule has 1 aromatic carbocycles. The monoisotopic (exact) mass is 224 g/mol. The molecule has 1 aliphatic rings. The maximum atomic E-state index is 13.6. The van der Waals surface area contributed by atoms with E-state index in [4.69, 9.17) is 10.5 Å². The summed E-state index contributed by atoms with van der Waals surface area (Å²) in [6, 6.07) is 3.31. The molecule has 4 heteroatoms. The molecule has 2 rings (SSSR count). The lowest BCUT2D eigenvalue weighted by atomic mass is 10.2. The fraction of sp³-hybridized carbons (Fsp3) is 0.500. The van der Waals surface area contributed by atoms with Gasteiger partial charge in [0.1, 0.15) is 11.6 Å². The molecule has 16 heavy (non-hydrogen) atoms. The summed E-state index contributed by atoms with van der Waals surface area (Å²) in [5.74, 6) is 0.862. The number of nitrogen functional groups attached to an aromatic ring is 1. The number of ether oxygens (including phenoxy) is 1. The normalized spacial score (nSPS) is 22.9. The van der Waals surface area contributed by atoms with Gasteiger partial charge in [0, 0.05) is 18.2 Å². The summed E-state index contributed by atoms with van der Waals surface area (Å²) in [6.45, 7) is 2.15. The van der Waals surface area contributed by atoms with Crippen molar-refractivity contribution in [1.82, 2.24) is 0 Å². The Bertz CT molecular complexity index is 395. The van der Waals surface area contributed by atoms with E-state index in [-0.39, 0.29) is 5.82 Å². The van der Waals surface area contributed by atoms with Crippen LogP contribution in [0.5, 0.6) is 5.75 Å². The van der Waals surface area contributed by atoms with E-state index in [1.807, 2.05) is 0 Å². The van der Waals surface area contributed by atoms with E-state index in [0.717, 1.165) is 12.8 Å². The second kappa shape index (κ2) is 4.20. The Hall–Kier alpha value is -1.45. The first-order valence-electron chi connectivity index (χ1n) is 5.55. The molecule has 1 fully saturated rings. The van der Waals surface area contributed by atoms with Crippen LogP contribution in [0, 0.1) is 11.7 Å². The summed E-state index contributed by atoms with van der Waals surface area (Å²) < 4.78 is 18.7. The van der Waals surface area contributed by atoms with Crippen LogP contribution in [0.4, 0.5) is 15.8 Å². The molecule has 0 spiro atoms. The minimum absolute atomic E-state index is 0.319. The highest BCUT2D eigenvalue weighted by Crippen LogP contribution is 2.38. The lowest BCUT2D eigenvalue weighted by Gasteiger charge is -2.11. The highest BCUT2D eigenvalue weighted by molar-refractivity contribution is 5.62. The zero-order valence-corrected chi connectivity index (χ0v) is 9.59. The Labute approximate surface area is 94.8 Å². The van der Waals surface area contributed by atoms with Gasteiger partial charge in [-0.3, -0.25) is 0 Å². The van der Waals surface area contributed by atoms with Gasteiger partial charge < -0.3 is 15.8 Å². The van der Waals surface area contributed by atoms with Gasteiger partial charge in [0.2, 0.25) is 0 Å². The van der Waals surface area contributed by atoms with Crippen LogP contribution >= 0.6 is 0 Å². The lowest BCUT2D eigenvalue weighted by Crippen LogP contribution is -2.07. The van der Waals surface area contributed by atoms with Crippen LogP contribution in [0.2, 0.25) is 0 Å². The van der Waals surface area contributed by atoms with Crippen LogP contribution in [0.15, 0.2) is 12.1 Å². The highest BCUT2D eigenvalue weighted by Gasteiger charge is 2.35. The minimum atomic E-state index is -0.319. The van der Waals surface area contributed by atoms with Gasteiger partial charge in [0.25, 0.3) is 0 Å². The number of hydrogen-bond donors (Lipinski definition) is 2. The van der Waals surface area contributed by atoms with Crippen molar-refractivity contribution in [3.8, 4) is 5.75 Å². The van der Waals surface area contributed by atoms with E-state index in [1.165, 1.54) is 13.2 Å². The molecule has 1 aliphatic carbocycles. The predicted molar refractivity (Wildman–Crippen MR) is 63.2 cm³/mol. The van der Waals surface area contributed by atoms with Gasteiger partial charge >= 0.3 is 0 Å². The van der Waals surface area contributed by atoms with E-state index in [1.54, 1.807) is 6.07 Å².